The highest BCUT2D eigenvalue weighted by Crippen LogP contribution is 2.24. The summed E-state index contributed by atoms with van der Waals surface area (Å²) < 4.78 is 5.05. The van der Waals surface area contributed by atoms with Crippen LogP contribution < -0.4 is 5.32 Å². The summed E-state index contributed by atoms with van der Waals surface area (Å²) in [6, 6.07) is 8.05. The second kappa shape index (κ2) is 8.30. The molecule has 0 fully saturated rings. The minimum Gasteiger partial charge on any atom is -0.384 e. The van der Waals surface area contributed by atoms with E-state index in [0.29, 0.717) is 6.42 Å². The number of hydrogen-bond acceptors (Lipinski definition) is 5. The molecule has 0 spiro atoms. The van der Waals surface area contributed by atoms with E-state index in [1.165, 1.54) is 5.56 Å². The Bertz CT molecular complexity index is 689. The lowest BCUT2D eigenvalue weighted by molar-refractivity contribution is -0.120. The van der Waals surface area contributed by atoms with Crippen LogP contribution in [0.15, 0.2) is 24.3 Å². The summed E-state index contributed by atoms with van der Waals surface area (Å²) in [5.74, 6) is 1.91. The number of hydrogen-bond donors (Lipinski definition) is 2. The molecule has 1 aromatic heterocycles. The maximum Gasteiger partial charge on any atom is 0.227 e. The maximum atomic E-state index is 12.5. The van der Waals surface area contributed by atoms with Gasteiger partial charge in [-0.3, -0.25) is 4.79 Å². The molecule has 128 valence electrons. The Morgan fingerprint density at radius 2 is 2.29 bits per heavy atom. The number of rotatable bonds is 7. The van der Waals surface area contributed by atoms with Crippen molar-refractivity contribution in [3.8, 4) is 0 Å². The first-order valence-corrected chi connectivity index (χ1v) is 9.26. The first kappa shape index (κ1) is 17.0. The van der Waals surface area contributed by atoms with Gasteiger partial charge in [-0.05, 0) is 30.5 Å². The molecule has 0 radical (unpaired) electrons. The van der Waals surface area contributed by atoms with Crippen molar-refractivity contribution in [2.75, 3.05) is 24.8 Å². The summed E-state index contributed by atoms with van der Waals surface area (Å²) in [6.45, 7) is 0.757. The predicted molar refractivity (Wildman–Crippen MR) is 95.0 cm³/mol. The smallest absolute Gasteiger partial charge is 0.227 e. The molecule has 1 aliphatic rings. The Balaban J connectivity index is 1.55. The summed E-state index contributed by atoms with van der Waals surface area (Å²) in [7, 11) is 1.71. The molecule has 0 aliphatic heterocycles. The lowest BCUT2D eigenvalue weighted by Crippen LogP contribution is -2.28. The van der Waals surface area contributed by atoms with Crippen molar-refractivity contribution in [3.05, 3.63) is 41.2 Å². The number of nitrogens with zero attached hydrogens (tertiary/aromatic N) is 2. The molecule has 0 saturated heterocycles. The molecule has 1 aromatic carbocycles. The zero-order valence-electron chi connectivity index (χ0n) is 13.7. The van der Waals surface area contributed by atoms with E-state index >= 15 is 0 Å². The van der Waals surface area contributed by atoms with E-state index in [1.54, 1.807) is 7.11 Å². The number of carbonyl (C=O) groups is 1. The number of ether oxygens (including phenoxy) is 1. The van der Waals surface area contributed by atoms with E-state index in [-0.39, 0.29) is 11.8 Å². The van der Waals surface area contributed by atoms with Gasteiger partial charge in [0.2, 0.25) is 5.91 Å². The first-order chi connectivity index (χ1) is 11.8. The van der Waals surface area contributed by atoms with Crippen molar-refractivity contribution in [1.29, 1.82) is 0 Å². The van der Waals surface area contributed by atoms with Gasteiger partial charge >= 0.3 is 0 Å². The molecule has 24 heavy (non-hydrogen) atoms. The van der Waals surface area contributed by atoms with Gasteiger partial charge in [-0.2, -0.15) is 27.2 Å². The number of amides is 1. The van der Waals surface area contributed by atoms with Crippen LogP contribution in [0.25, 0.3) is 0 Å². The van der Waals surface area contributed by atoms with Gasteiger partial charge < -0.3 is 10.1 Å². The summed E-state index contributed by atoms with van der Waals surface area (Å²) >= 11 is 1.82. The summed E-state index contributed by atoms with van der Waals surface area (Å²) in [5, 5.41) is 13.9. The van der Waals surface area contributed by atoms with Crippen molar-refractivity contribution >= 4 is 23.4 Å². The summed E-state index contributed by atoms with van der Waals surface area (Å²) in [6.07, 6.45) is 2.28. The predicted octanol–water partition coefficient (Wildman–Crippen LogP) is 2.43. The minimum atomic E-state index is -0.0395. The van der Waals surface area contributed by atoms with Crippen LogP contribution in [-0.2, 0) is 28.1 Å². The number of fused-ring (bicyclic) bond motifs is 1. The highest BCUT2D eigenvalue weighted by atomic mass is 32.2. The molecular formula is C17H22N4O2S. The van der Waals surface area contributed by atoms with Crippen molar-refractivity contribution in [3.63, 3.8) is 0 Å². The van der Waals surface area contributed by atoms with Gasteiger partial charge in [0.05, 0.1) is 18.0 Å². The third-order valence-corrected chi connectivity index (χ3v) is 5.13. The molecule has 6 nitrogen and oxygen atoms in total. The lowest BCUT2D eigenvalue weighted by Gasteiger charge is -2.19. The van der Waals surface area contributed by atoms with Crippen LogP contribution in [0.5, 0.6) is 0 Å². The minimum absolute atomic E-state index is 0.0395. The van der Waals surface area contributed by atoms with Crippen LogP contribution >= 0.6 is 11.8 Å². The molecule has 1 unspecified atom stereocenters. The van der Waals surface area contributed by atoms with E-state index in [0.717, 1.165) is 48.0 Å². The molecule has 2 aromatic rings. The van der Waals surface area contributed by atoms with E-state index in [4.69, 9.17) is 4.74 Å². The van der Waals surface area contributed by atoms with Crippen LogP contribution in [0.3, 0.4) is 0 Å². The largest absolute Gasteiger partial charge is 0.384 e. The normalized spacial score (nSPS) is 16.6. The van der Waals surface area contributed by atoms with Crippen molar-refractivity contribution in [2.24, 2.45) is 5.92 Å². The van der Waals surface area contributed by atoms with Crippen LogP contribution in [0.4, 0.5) is 5.69 Å². The van der Waals surface area contributed by atoms with Gasteiger partial charge in [-0.1, -0.05) is 12.1 Å². The molecule has 1 aliphatic carbocycles. The van der Waals surface area contributed by atoms with Crippen molar-refractivity contribution < 1.29 is 9.53 Å². The number of aryl methyl sites for hydroxylation is 1. The number of aromatic nitrogens is 3. The zero-order chi connectivity index (χ0) is 16.8. The molecule has 7 heteroatoms. The van der Waals surface area contributed by atoms with E-state index in [9.17, 15) is 4.79 Å². The van der Waals surface area contributed by atoms with E-state index in [2.05, 4.69) is 26.8 Å². The average molecular weight is 346 g/mol. The molecule has 1 heterocycles. The Kier molecular flexibility index (Phi) is 5.87. The van der Waals surface area contributed by atoms with Gasteiger partial charge in [-0.15, -0.1) is 0 Å². The SMILES string of the molecule is COCCSCc1cccc(NC(=O)C2CCc3n[nH]nc3C2)c1. The lowest BCUT2D eigenvalue weighted by atomic mass is 9.89. The van der Waals surface area contributed by atoms with Crippen LogP contribution in [-0.4, -0.2) is 40.8 Å². The fraction of sp³-hybridized carbons (Fsp3) is 0.471. The molecular weight excluding hydrogens is 324 g/mol. The zero-order valence-corrected chi connectivity index (χ0v) is 14.6. The van der Waals surface area contributed by atoms with Gasteiger partial charge in [0, 0.05) is 36.6 Å². The van der Waals surface area contributed by atoms with Crippen LogP contribution in [0.1, 0.15) is 23.4 Å². The number of anilines is 1. The third-order valence-electron chi connectivity index (χ3n) is 4.14. The topological polar surface area (TPSA) is 79.9 Å². The maximum absolute atomic E-state index is 12.5. The number of thioether (sulfide) groups is 1. The Hall–Kier alpha value is -1.86. The third kappa shape index (κ3) is 4.36. The van der Waals surface area contributed by atoms with E-state index in [1.807, 2.05) is 30.0 Å². The number of carbonyl (C=O) groups excluding carboxylic acids is 1. The average Bonchev–Trinajstić information content (AvgIpc) is 3.07. The van der Waals surface area contributed by atoms with Crippen molar-refractivity contribution in [2.45, 2.75) is 25.0 Å². The van der Waals surface area contributed by atoms with Gasteiger partial charge in [0.15, 0.2) is 0 Å². The van der Waals surface area contributed by atoms with Gasteiger partial charge in [0.25, 0.3) is 0 Å². The van der Waals surface area contributed by atoms with Crippen LogP contribution in [0, 0.1) is 5.92 Å². The molecule has 0 bridgehead atoms. The Morgan fingerprint density at radius 3 is 3.17 bits per heavy atom. The monoisotopic (exact) mass is 346 g/mol. The number of methoxy groups -OCH3 is 1. The fourth-order valence-electron chi connectivity index (χ4n) is 2.82. The first-order valence-electron chi connectivity index (χ1n) is 8.11. The molecule has 3 rings (SSSR count). The standard InChI is InChI=1S/C17H22N4O2S/c1-23-7-8-24-11-12-3-2-4-14(9-12)18-17(22)13-5-6-15-16(10-13)20-21-19-15/h2-4,9,13H,5-8,10-11H2,1H3,(H,18,22)(H,19,20,21). The number of benzene rings is 1. The Labute approximate surface area is 145 Å². The number of aromatic amines is 1. The fourth-order valence-corrected chi connectivity index (χ4v) is 3.67. The number of nitrogens with one attached hydrogen (secondary N) is 2. The highest BCUT2D eigenvalue weighted by molar-refractivity contribution is 7.98. The summed E-state index contributed by atoms with van der Waals surface area (Å²) in [4.78, 5) is 12.5. The molecule has 1 atom stereocenters. The van der Waals surface area contributed by atoms with Gasteiger partial charge in [0.1, 0.15) is 0 Å². The molecule has 0 saturated carbocycles. The molecule has 2 N–H and O–H groups in total. The quantitative estimate of drug-likeness (QED) is 0.753. The van der Waals surface area contributed by atoms with E-state index < -0.39 is 0 Å². The summed E-state index contributed by atoms with van der Waals surface area (Å²) in [5.41, 5.74) is 3.98. The van der Waals surface area contributed by atoms with Gasteiger partial charge in [-0.25, -0.2) is 0 Å². The second-order valence-electron chi connectivity index (χ2n) is 5.89. The molecule has 1 amide bonds. The van der Waals surface area contributed by atoms with Crippen LogP contribution in [0.2, 0.25) is 0 Å². The second-order valence-corrected chi connectivity index (χ2v) is 7.00. The highest BCUT2D eigenvalue weighted by Gasteiger charge is 2.27. The number of H-pyrrole nitrogens is 1. The van der Waals surface area contributed by atoms with Crippen molar-refractivity contribution in [1.82, 2.24) is 15.4 Å². The Morgan fingerprint density at radius 1 is 1.42 bits per heavy atom.